The molecule has 0 aliphatic heterocycles. The molecule has 0 N–H and O–H groups in total. The molecule has 0 saturated carbocycles. The first-order valence-electron chi connectivity index (χ1n) is 22.6. The molecule has 1 heterocycles. The van der Waals surface area contributed by atoms with E-state index in [0.29, 0.717) is 6.61 Å². The Morgan fingerprint density at radius 1 is 0.698 bits per heavy atom. The number of hydrogen-bond donors (Lipinski definition) is 0. The summed E-state index contributed by atoms with van der Waals surface area (Å²) >= 11 is 0. The van der Waals surface area contributed by atoms with Gasteiger partial charge in [-0.15, -0.1) is 0 Å². The molecule has 6 aromatic rings. The lowest BCUT2D eigenvalue weighted by Crippen LogP contribution is -2.03. The van der Waals surface area contributed by atoms with Crippen molar-refractivity contribution in [2.75, 3.05) is 0 Å². The summed E-state index contributed by atoms with van der Waals surface area (Å²) in [5.74, 6) is 0.853. The van der Waals surface area contributed by atoms with Crippen LogP contribution in [0.3, 0.4) is 0 Å². The average molecular weight is 835 g/mol. The van der Waals surface area contributed by atoms with Gasteiger partial charge >= 0.3 is 0 Å². The Kier molecular flexibility index (Phi) is 22.1. The summed E-state index contributed by atoms with van der Waals surface area (Å²) in [5, 5.41) is 0. The number of ether oxygens (including phenoxy) is 1. The van der Waals surface area contributed by atoms with Crippen molar-refractivity contribution in [3.8, 4) is 50.3 Å². The van der Waals surface area contributed by atoms with Gasteiger partial charge in [0.15, 0.2) is 0 Å². The third kappa shape index (κ3) is 14.8. The van der Waals surface area contributed by atoms with Crippen molar-refractivity contribution in [3.63, 3.8) is 0 Å². The summed E-state index contributed by atoms with van der Waals surface area (Å²) in [6.07, 6.45) is 17.7. The largest absolute Gasteiger partial charge is 0.489 e. The molecule has 1 aromatic heterocycles. The maximum Gasteiger partial charge on any atom is 0.120 e. The van der Waals surface area contributed by atoms with Crippen LogP contribution in [0.2, 0.25) is 0 Å². The van der Waals surface area contributed by atoms with Crippen LogP contribution in [-0.4, -0.2) is 11.2 Å². The Morgan fingerprint density at radius 2 is 1.25 bits per heavy atom. The summed E-state index contributed by atoms with van der Waals surface area (Å²) in [6, 6.07) is 41.0. The molecule has 0 aliphatic carbocycles. The minimum atomic E-state index is 0.541. The summed E-state index contributed by atoms with van der Waals surface area (Å²) in [5.41, 5.74) is 18.0. The summed E-state index contributed by atoms with van der Waals surface area (Å²) < 4.78 is 6.42. The molecule has 0 bridgehead atoms. The van der Waals surface area contributed by atoms with Crippen molar-refractivity contribution >= 4 is 11.8 Å². The second kappa shape index (κ2) is 27.4. The van der Waals surface area contributed by atoms with Crippen molar-refractivity contribution in [1.82, 2.24) is 4.98 Å². The van der Waals surface area contributed by atoms with E-state index in [4.69, 9.17) is 4.74 Å². The van der Waals surface area contributed by atoms with Crippen LogP contribution in [0.25, 0.3) is 50.1 Å². The molecule has 0 amide bonds. The first-order chi connectivity index (χ1) is 30.7. The predicted molar refractivity (Wildman–Crippen MR) is 279 cm³/mol. The standard InChI is InChI=1S/C51H48N2O.C5H10.2C2H6/c1-8-39-23-22-35(4)51(38(39)7)34-54-50-21-13-19-45(31-50)41-15-11-17-43(26-41)48-28-47(40(9-2)25-36(5)37(6)32-52-10-3)29-49(30-48)44-18-12-16-42(27-44)46-20-14-24-53-33-46;1-3-5-4-2;2*1-2/h9-33H,2,5,8,34H2,1,3-4,6-7H3;3,5H,4H2,1-2H3;2*1-2H3/b37-32+,40-25+,52-10?;5-3-;;. The Bertz CT molecular complexity index is 2500. The van der Waals surface area contributed by atoms with Crippen molar-refractivity contribution in [2.24, 2.45) is 4.99 Å². The molecule has 0 fully saturated rings. The maximum atomic E-state index is 6.42. The number of hydrogen-bond acceptors (Lipinski definition) is 3. The molecule has 0 unspecified atom stereocenters. The Hall–Kier alpha value is -6.58. The van der Waals surface area contributed by atoms with Gasteiger partial charge in [-0.05, 0) is 186 Å². The maximum absolute atomic E-state index is 6.42. The van der Waals surface area contributed by atoms with Gasteiger partial charge in [0.05, 0.1) is 0 Å². The average Bonchev–Trinajstić information content (AvgIpc) is 3.34. The second-order valence-corrected chi connectivity index (χ2v) is 14.5. The van der Waals surface area contributed by atoms with Gasteiger partial charge in [-0.1, -0.05) is 140 Å². The number of aromatic nitrogens is 1. The van der Waals surface area contributed by atoms with Crippen LogP contribution >= 0.6 is 0 Å². The van der Waals surface area contributed by atoms with Gasteiger partial charge in [0.25, 0.3) is 0 Å². The lowest BCUT2D eigenvalue weighted by atomic mass is 9.90. The van der Waals surface area contributed by atoms with Crippen molar-refractivity contribution in [2.45, 2.75) is 95.6 Å². The molecular formula is C60H70N2O. The normalized spacial score (nSPS) is 11.2. The van der Waals surface area contributed by atoms with Crippen molar-refractivity contribution in [3.05, 3.63) is 210 Å². The molecule has 63 heavy (non-hydrogen) atoms. The van der Waals surface area contributed by atoms with Gasteiger partial charge in [0.1, 0.15) is 12.4 Å². The van der Waals surface area contributed by atoms with E-state index in [2.05, 4.69) is 172 Å². The molecule has 6 rings (SSSR count). The fourth-order valence-corrected chi connectivity index (χ4v) is 6.95. The third-order valence-corrected chi connectivity index (χ3v) is 10.5. The zero-order valence-electron chi connectivity index (χ0n) is 39.9. The van der Waals surface area contributed by atoms with Gasteiger partial charge in [-0.2, -0.15) is 0 Å². The summed E-state index contributed by atoms with van der Waals surface area (Å²) in [4.78, 5) is 8.65. The quantitative estimate of drug-likeness (QED) is 0.0622. The number of aryl methyl sites for hydroxylation is 2. The van der Waals surface area contributed by atoms with Gasteiger partial charge in [0.2, 0.25) is 0 Å². The lowest BCUT2D eigenvalue weighted by molar-refractivity contribution is 0.304. The van der Waals surface area contributed by atoms with E-state index >= 15 is 0 Å². The molecule has 0 spiro atoms. The van der Waals surface area contributed by atoms with Crippen LogP contribution in [0.1, 0.15) is 96.6 Å². The zero-order chi connectivity index (χ0) is 46.1. The number of benzene rings is 5. The highest BCUT2D eigenvalue weighted by molar-refractivity contribution is 5.86. The van der Waals surface area contributed by atoms with E-state index in [0.717, 1.165) is 85.4 Å². The topological polar surface area (TPSA) is 34.5 Å². The molecular weight excluding hydrogens is 765 g/mol. The fraction of sp³-hybridized carbons (Fsp3) is 0.233. The number of rotatable bonds is 14. The third-order valence-electron chi connectivity index (χ3n) is 10.5. The first-order valence-corrected chi connectivity index (χ1v) is 22.6. The molecule has 5 aromatic carbocycles. The molecule has 3 heteroatoms. The van der Waals surface area contributed by atoms with E-state index in [1.165, 1.54) is 22.3 Å². The number of allylic oxidation sites excluding steroid dienone is 7. The summed E-state index contributed by atoms with van der Waals surface area (Å²) in [7, 11) is 0. The number of pyridine rings is 1. The highest BCUT2D eigenvalue weighted by atomic mass is 16.5. The minimum Gasteiger partial charge on any atom is -0.489 e. The number of aliphatic imine (C=N–C) groups is 1. The van der Waals surface area contributed by atoms with E-state index in [1.54, 1.807) is 12.4 Å². The lowest BCUT2D eigenvalue weighted by Gasteiger charge is -2.15. The minimum absolute atomic E-state index is 0.541. The Morgan fingerprint density at radius 3 is 1.78 bits per heavy atom. The van der Waals surface area contributed by atoms with Crippen molar-refractivity contribution in [1.29, 1.82) is 0 Å². The predicted octanol–water partition coefficient (Wildman–Crippen LogP) is 17.7. The zero-order valence-corrected chi connectivity index (χ0v) is 39.9. The van der Waals surface area contributed by atoms with Crippen molar-refractivity contribution < 1.29 is 4.74 Å². The van der Waals surface area contributed by atoms with E-state index in [9.17, 15) is 0 Å². The van der Waals surface area contributed by atoms with Crippen LogP contribution in [0.5, 0.6) is 5.75 Å². The van der Waals surface area contributed by atoms with Gasteiger partial charge in [0, 0.05) is 30.4 Å². The summed E-state index contributed by atoms with van der Waals surface area (Å²) in [6.45, 7) is 31.7. The van der Waals surface area contributed by atoms with E-state index in [-0.39, 0.29) is 0 Å². The Balaban J connectivity index is 0.00000108. The van der Waals surface area contributed by atoms with E-state index in [1.807, 2.05) is 79.1 Å². The Labute approximate surface area is 381 Å². The fourth-order valence-electron chi connectivity index (χ4n) is 6.95. The number of nitrogens with zero attached hydrogens (tertiary/aromatic N) is 2. The van der Waals surface area contributed by atoms with Crippen LogP contribution in [0, 0.1) is 13.8 Å². The monoisotopic (exact) mass is 835 g/mol. The molecule has 0 atom stereocenters. The highest BCUT2D eigenvalue weighted by Crippen LogP contribution is 2.36. The van der Waals surface area contributed by atoms with Gasteiger partial charge in [-0.25, -0.2) is 0 Å². The SMILES string of the molecule is C/C=C\CC.C=C/C(=C\C(=C)/C(C)=C/N=CC)c1cc(-c2cccc(-c3cccnc3)c2)cc(-c2cccc(-c3cccc(OCc4c(C)ccc(CC)c4C)c3)c2)c1.CC.CC. The molecule has 0 saturated heterocycles. The van der Waals surface area contributed by atoms with Crippen LogP contribution in [0.15, 0.2) is 187 Å². The first kappa shape index (κ1) is 50.8. The van der Waals surface area contributed by atoms with Crippen LogP contribution in [-0.2, 0) is 13.0 Å². The van der Waals surface area contributed by atoms with Crippen LogP contribution in [0.4, 0.5) is 0 Å². The molecule has 3 nitrogen and oxygen atoms in total. The molecule has 0 aliphatic rings. The smallest absolute Gasteiger partial charge is 0.120 e. The van der Waals surface area contributed by atoms with Crippen LogP contribution < -0.4 is 4.74 Å². The molecule has 0 radical (unpaired) electrons. The highest BCUT2D eigenvalue weighted by Gasteiger charge is 2.12. The molecule has 326 valence electrons. The second-order valence-electron chi connectivity index (χ2n) is 14.5. The van der Waals surface area contributed by atoms with E-state index < -0.39 is 0 Å². The van der Waals surface area contributed by atoms with Gasteiger partial charge < -0.3 is 4.74 Å². The van der Waals surface area contributed by atoms with Gasteiger partial charge in [-0.3, -0.25) is 9.98 Å².